The number of aryl methyl sites for hydroxylation is 2. The van der Waals surface area contributed by atoms with Crippen molar-refractivity contribution in [2.45, 2.75) is 83.1 Å². The summed E-state index contributed by atoms with van der Waals surface area (Å²) in [6.45, 7) is 4.77. The summed E-state index contributed by atoms with van der Waals surface area (Å²) in [5.41, 5.74) is 6.55. The predicted octanol–water partition coefficient (Wildman–Crippen LogP) is 6.87. The SMILES string of the molecule is COc1cc(C(=O)O)cc2sc(N3C4CCC3CC(OCc3c(-c5c(C)cccc5C)noc3C3CC3)C4)nc12. The van der Waals surface area contributed by atoms with Crippen LogP contribution in [0, 0.1) is 13.8 Å². The van der Waals surface area contributed by atoms with Crippen molar-refractivity contribution in [2.24, 2.45) is 0 Å². The van der Waals surface area contributed by atoms with Crippen molar-refractivity contribution >= 4 is 32.7 Å². The molecule has 2 unspecified atom stereocenters. The van der Waals surface area contributed by atoms with E-state index < -0.39 is 5.97 Å². The number of thiazole rings is 1. The first-order valence-electron chi connectivity index (χ1n) is 14.1. The Morgan fingerprint density at radius 1 is 1.12 bits per heavy atom. The number of nitrogens with zero attached hydrogens (tertiary/aromatic N) is 3. The molecule has 1 aliphatic carbocycles. The standard InChI is InChI=1S/C31H33N3O5S/c1-16-5-4-6-17(2)26(16)27-23(29(39-33-27)18-7-8-18)15-38-22-13-20-9-10-21(14-22)34(20)31-32-28-24(37-3)11-19(30(35)36)12-25(28)40-31/h4-6,11-12,18,20-22H,7-10,13-15H2,1-3H3,(H,35,36). The van der Waals surface area contributed by atoms with Gasteiger partial charge in [0.05, 0.1) is 30.1 Å². The Kier molecular flexibility index (Phi) is 6.31. The summed E-state index contributed by atoms with van der Waals surface area (Å²) in [6, 6.07) is 10.3. The first-order valence-corrected chi connectivity index (χ1v) is 14.9. The molecule has 208 valence electrons. The molecule has 2 atom stereocenters. The average molecular weight is 560 g/mol. The van der Waals surface area contributed by atoms with Crippen molar-refractivity contribution in [2.75, 3.05) is 12.0 Å². The van der Waals surface area contributed by atoms with E-state index in [0.717, 1.165) is 76.5 Å². The third-order valence-corrected chi connectivity index (χ3v) is 9.79. The van der Waals surface area contributed by atoms with Crippen LogP contribution in [0.5, 0.6) is 5.75 Å². The number of rotatable bonds is 8. The van der Waals surface area contributed by atoms with Gasteiger partial charge < -0.3 is 24.0 Å². The second kappa shape index (κ2) is 9.89. The Bertz CT molecular complexity index is 1570. The fraction of sp³-hybridized carbons (Fsp3) is 0.452. The molecule has 4 heterocycles. The van der Waals surface area contributed by atoms with E-state index in [0.29, 0.717) is 30.4 Å². The zero-order chi connectivity index (χ0) is 27.5. The third-order valence-electron chi connectivity index (χ3n) is 8.77. The van der Waals surface area contributed by atoms with Crippen molar-refractivity contribution in [3.8, 4) is 17.0 Å². The van der Waals surface area contributed by atoms with Crippen LogP contribution >= 0.6 is 11.3 Å². The Balaban J connectivity index is 1.11. The van der Waals surface area contributed by atoms with Gasteiger partial charge in [-0.25, -0.2) is 9.78 Å². The van der Waals surface area contributed by atoms with E-state index in [1.807, 2.05) is 0 Å². The van der Waals surface area contributed by atoms with E-state index in [9.17, 15) is 9.90 Å². The first-order chi connectivity index (χ1) is 19.4. The molecule has 0 radical (unpaired) electrons. The minimum atomic E-state index is -0.966. The van der Waals surface area contributed by atoms with Crippen molar-refractivity contribution in [3.63, 3.8) is 0 Å². The average Bonchev–Trinajstić information content (AvgIpc) is 3.46. The van der Waals surface area contributed by atoms with Crippen LogP contribution < -0.4 is 9.64 Å². The summed E-state index contributed by atoms with van der Waals surface area (Å²) in [4.78, 5) is 19.0. The normalized spacial score (nSPS) is 22.3. The minimum Gasteiger partial charge on any atom is -0.494 e. The zero-order valence-electron chi connectivity index (χ0n) is 23.0. The van der Waals surface area contributed by atoms with Gasteiger partial charge in [0.1, 0.15) is 22.7 Å². The number of aromatic nitrogens is 2. The van der Waals surface area contributed by atoms with Gasteiger partial charge in [-0.2, -0.15) is 0 Å². The van der Waals surface area contributed by atoms with E-state index in [4.69, 9.17) is 19.0 Å². The monoisotopic (exact) mass is 559 g/mol. The van der Waals surface area contributed by atoms with Crippen molar-refractivity contribution < 1.29 is 23.9 Å². The number of ether oxygens (including phenoxy) is 2. The maximum atomic E-state index is 11.6. The number of benzene rings is 2. The van der Waals surface area contributed by atoms with Crippen molar-refractivity contribution in [1.29, 1.82) is 0 Å². The maximum absolute atomic E-state index is 11.6. The highest BCUT2D eigenvalue weighted by Gasteiger charge is 2.43. The van der Waals surface area contributed by atoms with Gasteiger partial charge in [-0.15, -0.1) is 0 Å². The molecule has 8 nitrogen and oxygen atoms in total. The minimum absolute atomic E-state index is 0.157. The summed E-state index contributed by atoms with van der Waals surface area (Å²) in [5, 5.41) is 15.0. The highest BCUT2D eigenvalue weighted by molar-refractivity contribution is 7.22. The Labute approximate surface area is 236 Å². The van der Waals surface area contributed by atoms with Gasteiger partial charge in [0, 0.05) is 29.1 Å². The lowest BCUT2D eigenvalue weighted by Gasteiger charge is -2.38. The lowest BCUT2D eigenvalue weighted by molar-refractivity contribution is 0.0147. The number of anilines is 1. The smallest absolute Gasteiger partial charge is 0.335 e. The van der Waals surface area contributed by atoms with E-state index in [2.05, 4.69) is 42.1 Å². The maximum Gasteiger partial charge on any atom is 0.335 e. The fourth-order valence-corrected chi connectivity index (χ4v) is 7.83. The molecule has 3 fully saturated rings. The number of methoxy groups -OCH3 is 1. The summed E-state index contributed by atoms with van der Waals surface area (Å²) >= 11 is 1.55. The number of carbonyl (C=O) groups is 1. The molecule has 1 saturated carbocycles. The molecular formula is C31H33N3O5S. The van der Waals surface area contributed by atoms with Crippen LogP contribution in [0.3, 0.4) is 0 Å². The number of hydrogen-bond donors (Lipinski definition) is 1. The molecule has 4 aromatic rings. The van der Waals surface area contributed by atoms with E-state index >= 15 is 0 Å². The van der Waals surface area contributed by atoms with Crippen LogP contribution in [0.15, 0.2) is 34.9 Å². The largest absolute Gasteiger partial charge is 0.494 e. The van der Waals surface area contributed by atoms with Crippen LogP contribution in [0.4, 0.5) is 5.13 Å². The zero-order valence-corrected chi connectivity index (χ0v) is 23.8. The van der Waals surface area contributed by atoms with Gasteiger partial charge in [-0.1, -0.05) is 34.7 Å². The van der Waals surface area contributed by atoms with Crippen LogP contribution in [0.25, 0.3) is 21.5 Å². The molecule has 1 N–H and O–H groups in total. The van der Waals surface area contributed by atoms with Gasteiger partial charge in [0.25, 0.3) is 0 Å². The predicted molar refractivity (Wildman–Crippen MR) is 154 cm³/mol. The Morgan fingerprint density at radius 2 is 1.85 bits per heavy atom. The number of carboxylic acid groups (broad SMARTS) is 1. The van der Waals surface area contributed by atoms with E-state index in [1.165, 1.54) is 11.1 Å². The lowest BCUT2D eigenvalue weighted by Crippen LogP contribution is -2.45. The molecule has 7 rings (SSSR count). The number of fused-ring (bicyclic) bond motifs is 3. The first kappa shape index (κ1) is 25.5. The summed E-state index contributed by atoms with van der Waals surface area (Å²) in [7, 11) is 1.56. The number of piperidine rings is 1. The summed E-state index contributed by atoms with van der Waals surface area (Å²) in [6.07, 6.45) is 6.54. The molecule has 0 amide bonds. The van der Waals surface area contributed by atoms with Gasteiger partial charge in [0.15, 0.2) is 5.13 Å². The molecule has 0 spiro atoms. The molecule has 2 bridgehead atoms. The molecule has 9 heteroatoms. The molecule has 2 saturated heterocycles. The van der Waals surface area contributed by atoms with Crippen LogP contribution in [0.2, 0.25) is 0 Å². The van der Waals surface area contributed by atoms with Gasteiger partial charge in [-0.05, 0) is 75.6 Å². The molecular weight excluding hydrogens is 526 g/mol. The molecule has 3 aliphatic rings. The highest BCUT2D eigenvalue weighted by Crippen LogP contribution is 2.47. The topological polar surface area (TPSA) is 97.9 Å². The fourth-order valence-electron chi connectivity index (χ4n) is 6.67. The molecule has 2 aliphatic heterocycles. The lowest BCUT2D eigenvalue weighted by atomic mass is 9.96. The Morgan fingerprint density at radius 3 is 2.50 bits per heavy atom. The van der Waals surface area contributed by atoms with Crippen LogP contribution in [-0.2, 0) is 11.3 Å². The van der Waals surface area contributed by atoms with E-state index in [1.54, 1.807) is 30.6 Å². The second-order valence-corrected chi connectivity index (χ2v) is 12.4. The van der Waals surface area contributed by atoms with E-state index in [-0.39, 0.29) is 11.7 Å². The van der Waals surface area contributed by atoms with Crippen molar-refractivity contribution in [3.05, 3.63) is 58.3 Å². The molecule has 2 aromatic heterocycles. The number of hydrogen-bond acceptors (Lipinski definition) is 8. The summed E-state index contributed by atoms with van der Waals surface area (Å²) in [5.74, 6) is 0.997. The van der Waals surface area contributed by atoms with Gasteiger partial charge in [-0.3, -0.25) is 0 Å². The third kappa shape index (κ3) is 4.36. The van der Waals surface area contributed by atoms with Crippen molar-refractivity contribution in [1.82, 2.24) is 10.1 Å². The number of aromatic carboxylic acids is 1. The summed E-state index contributed by atoms with van der Waals surface area (Å²) < 4.78 is 18.9. The highest BCUT2D eigenvalue weighted by atomic mass is 32.1. The van der Waals surface area contributed by atoms with Crippen LogP contribution in [0.1, 0.15) is 77.3 Å². The van der Waals surface area contributed by atoms with Crippen LogP contribution in [-0.4, -0.2) is 46.5 Å². The Hall–Kier alpha value is -3.43. The quantitative estimate of drug-likeness (QED) is 0.250. The molecule has 2 aromatic carbocycles. The molecule has 40 heavy (non-hydrogen) atoms. The van der Waals surface area contributed by atoms with Gasteiger partial charge in [0.2, 0.25) is 0 Å². The van der Waals surface area contributed by atoms with Gasteiger partial charge >= 0.3 is 5.97 Å². The second-order valence-electron chi connectivity index (χ2n) is 11.4. The number of carboxylic acids is 1.